The molecule has 0 bridgehead atoms. The number of phosphoric ester groups is 1. The average molecular weight is 847 g/mol. The van der Waals surface area contributed by atoms with Crippen LogP contribution in [0.1, 0.15) is 187 Å². The molecular formula is C49H83O9P. The Kier molecular flexibility index (Phi) is 41.2. The minimum absolute atomic E-state index is 0.0572. The highest BCUT2D eigenvalue weighted by Gasteiger charge is 2.22. The number of aliphatic hydroxyl groups excluding tert-OH is 1. The highest BCUT2D eigenvalue weighted by molar-refractivity contribution is 7.46. The predicted octanol–water partition coefficient (Wildman–Crippen LogP) is 13.4. The van der Waals surface area contributed by atoms with Gasteiger partial charge in [0.25, 0.3) is 0 Å². The van der Waals surface area contributed by atoms with Crippen LogP contribution in [-0.2, 0) is 28.2 Å². The van der Waals surface area contributed by atoms with Crippen molar-refractivity contribution in [1.29, 1.82) is 0 Å². The van der Waals surface area contributed by atoms with Gasteiger partial charge in [-0.1, -0.05) is 189 Å². The van der Waals surface area contributed by atoms with Crippen molar-refractivity contribution < 1.29 is 43.0 Å². The molecule has 0 aliphatic carbocycles. The lowest BCUT2D eigenvalue weighted by Crippen LogP contribution is -2.29. The van der Waals surface area contributed by atoms with E-state index in [0.717, 1.165) is 44.9 Å². The molecule has 0 fully saturated rings. The summed E-state index contributed by atoms with van der Waals surface area (Å²) in [5.74, 6) is -1.07. The fourth-order valence-electron chi connectivity index (χ4n) is 6.07. The molecule has 0 aromatic heterocycles. The van der Waals surface area contributed by atoms with E-state index >= 15 is 0 Å². The summed E-state index contributed by atoms with van der Waals surface area (Å²) in [5, 5.41) is 10.1. The number of aliphatic hydroxyl groups is 1. The summed E-state index contributed by atoms with van der Waals surface area (Å²) >= 11 is 0. The maximum atomic E-state index is 12.5. The van der Waals surface area contributed by atoms with Crippen LogP contribution in [0, 0.1) is 0 Å². The van der Waals surface area contributed by atoms with Gasteiger partial charge in [-0.25, -0.2) is 4.57 Å². The van der Waals surface area contributed by atoms with E-state index in [-0.39, 0.29) is 19.4 Å². The normalized spacial score (nSPS) is 13.8. The Labute approximate surface area is 359 Å². The first-order valence-electron chi connectivity index (χ1n) is 23.0. The average Bonchev–Trinajstić information content (AvgIpc) is 3.20. The second-order valence-corrected chi connectivity index (χ2v) is 16.4. The van der Waals surface area contributed by atoms with Gasteiger partial charge in [0.1, 0.15) is 6.61 Å². The summed E-state index contributed by atoms with van der Waals surface area (Å²) in [6.07, 6.45) is 54.8. The lowest BCUT2D eigenvalue weighted by Gasteiger charge is -2.18. The minimum atomic E-state index is -4.80. The Morgan fingerprint density at radius 3 is 1.61 bits per heavy atom. The van der Waals surface area contributed by atoms with Crippen LogP contribution in [0.15, 0.2) is 85.1 Å². The smallest absolute Gasteiger partial charge is 0.462 e. The van der Waals surface area contributed by atoms with E-state index in [2.05, 4.69) is 67.0 Å². The first kappa shape index (κ1) is 56.2. The molecule has 1 unspecified atom stereocenters. The van der Waals surface area contributed by atoms with Crippen molar-refractivity contribution in [3.05, 3.63) is 85.1 Å². The molecule has 0 radical (unpaired) electrons. The lowest BCUT2D eigenvalue weighted by molar-refractivity contribution is -0.161. The van der Waals surface area contributed by atoms with Crippen molar-refractivity contribution in [1.82, 2.24) is 0 Å². The van der Waals surface area contributed by atoms with Gasteiger partial charge in [0.2, 0.25) is 0 Å². The number of ether oxygens (including phenoxy) is 2. The minimum Gasteiger partial charge on any atom is -0.462 e. The molecule has 0 rings (SSSR count). The summed E-state index contributed by atoms with van der Waals surface area (Å²) < 4.78 is 26.3. The van der Waals surface area contributed by atoms with Crippen molar-refractivity contribution in [2.45, 2.75) is 199 Å². The van der Waals surface area contributed by atoms with Gasteiger partial charge in [0.05, 0.1) is 12.7 Å². The Balaban J connectivity index is 4.07. The quantitative estimate of drug-likeness (QED) is 0.0180. The fourth-order valence-corrected chi connectivity index (χ4v) is 6.43. The number of allylic oxidation sites excluding steroid dienone is 12. The molecule has 338 valence electrons. The van der Waals surface area contributed by atoms with Crippen LogP contribution in [-0.4, -0.2) is 52.3 Å². The van der Waals surface area contributed by atoms with Crippen molar-refractivity contribution >= 4 is 19.8 Å². The number of hydrogen-bond donors (Lipinski definition) is 3. The standard InChI is InChI=1S/C49H83O9P/c1-3-5-7-9-11-13-15-17-18-19-20-21-22-23-24-26-28-30-32-34-38-43-49(52)58-47(45-57-59(53,54)55)44-56-48(51)42-39-35-37-41-46(50)40-36-33-31-29-27-25-16-14-12-10-8-6-4-2/h6,8,12,14,17-18,25,27,31,33,35-37,40,46-47,50H,3-5,7,9-11,13,15-16,19-24,26,28-30,32,34,38-39,41-45H2,1-2H3,(H2,53,54,55)/b8-6-,14-12-,18-17-,27-25-,33-31-,37-35-,40-36-/t46?,47-/m1/s1. The molecule has 0 aliphatic rings. The Bertz CT molecular complexity index is 1240. The van der Waals surface area contributed by atoms with Gasteiger partial charge in [-0.15, -0.1) is 0 Å². The first-order valence-corrected chi connectivity index (χ1v) is 24.5. The lowest BCUT2D eigenvalue weighted by atomic mass is 10.0. The number of rotatable bonds is 41. The number of carbonyl (C=O) groups is 2. The number of phosphoric acid groups is 1. The van der Waals surface area contributed by atoms with Gasteiger partial charge in [-0.3, -0.25) is 14.1 Å². The molecule has 59 heavy (non-hydrogen) atoms. The third kappa shape index (κ3) is 46.1. The molecule has 0 aromatic rings. The van der Waals surface area contributed by atoms with Crippen LogP contribution >= 0.6 is 7.82 Å². The maximum Gasteiger partial charge on any atom is 0.469 e. The summed E-state index contributed by atoms with van der Waals surface area (Å²) in [5.41, 5.74) is 0. The molecule has 0 aliphatic heterocycles. The molecular weight excluding hydrogens is 764 g/mol. The molecule has 0 amide bonds. The Hall–Kier alpha value is -2.81. The van der Waals surface area contributed by atoms with E-state index < -0.39 is 38.6 Å². The van der Waals surface area contributed by atoms with E-state index in [0.29, 0.717) is 19.3 Å². The third-order valence-corrected chi connectivity index (χ3v) is 9.98. The van der Waals surface area contributed by atoms with Gasteiger partial charge in [-0.05, 0) is 70.6 Å². The van der Waals surface area contributed by atoms with Gasteiger partial charge >= 0.3 is 19.8 Å². The van der Waals surface area contributed by atoms with Gasteiger partial charge in [0, 0.05) is 12.8 Å². The van der Waals surface area contributed by atoms with Gasteiger partial charge < -0.3 is 24.4 Å². The largest absolute Gasteiger partial charge is 0.469 e. The van der Waals surface area contributed by atoms with Crippen molar-refractivity contribution in [2.75, 3.05) is 13.2 Å². The van der Waals surface area contributed by atoms with Crippen molar-refractivity contribution in [3.63, 3.8) is 0 Å². The summed E-state index contributed by atoms with van der Waals surface area (Å²) in [4.78, 5) is 43.0. The number of esters is 2. The van der Waals surface area contributed by atoms with E-state index in [1.54, 1.807) is 18.2 Å². The Morgan fingerprint density at radius 1 is 0.542 bits per heavy atom. The maximum absolute atomic E-state index is 12.5. The van der Waals surface area contributed by atoms with Gasteiger partial charge in [-0.2, -0.15) is 0 Å². The SMILES string of the molecule is CC/C=C\C/C=C\C/C=C\C/C=C\C=C/C(O)C/C=C\CCC(=O)OC[C@H](COP(=O)(O)O)OC(=O)CCCCCCCCCCCCC/C=C\CCCCCCCC. The van der Waals surface area contributed by atoms with Crippen LogP contribution in [0.2, 0.25) is 0 Å². The molecule has 0 saturated heterocycles. The Morgan fingerprint density at radius 2 is 1.05 bits per heavy atom. The molecule has 0 spiro atoms. The van der Waals surface area contributed by atoms with Crippen LogP contribution in [0.4, 0.5) is 0 Å². The van der Waals surface area contributed by atoms with E-state index in [4.69, 9.17) is 19.3 Å². The third-order valence-electron chi connectivity index (χ3n) is 9.49. The molecule has 2 atom stereocenters. The van der Waals surface area contributed by atoms with Crippen LogP contribution < -0.4 is 0 Å². The number of hydrogen-bond acceptors (Lipinski definition) is 7. The number of unbranched alkanes of at least 4 members (excludes halogenated alkanes) is 17. The highest BCUT2D eigenvalue weighted by atomic mass is 31.2. The first-order chi connectivity index (χ1) is 28.7. The molecule has 10 heteroatoms. The second kappa shape index (κ2) is 43.3. The van der Waals surface area contributed by atoms with Crippen LogP contribution in [0.5, 0.6) is 0 Å². The monoisotopic (exact) mass is 847 g/mol. The molecule has 9 nitrogen and oxygen atoms in total. The van der Waals surface area contributed by atoms with Crippen molar-refractivity contribution in [3.8, 4) is 0 Å². The highest BCUT2D eigenvalue weighted by Crippen LogP contribution is 2.36. The summed E-state index contributed by atoms with van der Waals surface area (Å²) in [7, 11) is -4.80. The van der Waals surface area contributed by atoms with Crippen LogP contribution in [0.25, 0.3) is 0 Å². The molecule has 0 heterocycles. The van der Waals surface area contributed by atoms with Crippen molar-refractivity contribution in [2.24, 2.45) is 0 Å². The fraction of sp³-hybridized carbons (Fsp3) is 0.673. The summed E-state index contributed by atoms with van der Waals surface area (Å²) in [6.45, 7) is 3.42. The van der Waals surface area contributed by atoms with E-state index in [1.165, 1.54) is 96.3 Å². The van der Waals surface area contributed by atoms with Crippen LogP contribution in [0.3, 0.4) is 0 Å². The molecule has 0 saturated carbocycles. The van der Waals surface area contributed by atoms with Gasteiger partial charge in [0.15, 0.2) is 6.10 Å². The van der Waals surface area contributed by atoms with E-state index in [9.17, 15) is 19.3 Å². The zero-order chi connectivity index (χ0) is 43.3. The second-order valence-electron chi connectivity index (χ2n) is 15.2. The molecule has 0 aromatic carbocycles. The summed E-state index contributed by atoms with van der Waals surface area (Å²) in [6, 6.07) is 0. The predicted molar refractivity (Wildman–Crippen MR) is 245 cm³/mol. The number of carbonyl (C=O) groups excluding carboxylic acids is 2. The zero-order valence-electron chi connectivity index (χ0n) is 37.0. The van der Waals surface area contributed by atoms with E-state index in [1.807, 2.05) is 18.2 Å². The zero-order valence-corrected chi connectivity index (χ0v) is 37.9. The topological polar surface area (TPSA) is 140 Å². The molecule has 3 N–H and O–H groups in total.